The van der Waals surface area contributed by atoms with Crippen LogP contribution in [-0.4, -0.2) is 4.98 Å². The zero-order chi connectivity index (χ0) is 8.55. The monoisotopic (exact) mass is 225 g/mol. The highest BCUT2D eigenvalue weighted by atomic mass is 79.9. The van der Waals surface area contributed by atoms with Gasteiger partial charge in [0.15, 0.2) is 0 Å². The summed E-state index contributed by atoms with van der Waals surface area (Å²) < 4.78 is 13.9. The molecule has 0 bridgehead atoms. The third-order valence-corrected chi connectivity index (χ3v) is 2.33. The van der Waals surface area contributed by atoms with Crippen LogP contribution in [0.1, 0.15) is 0 Å². The Balaban J connectivity index is 2.95. The molecule has 60 valence electrons. The number of hydrogen-bond donors (Lipinski definition) is 0. The lowest BCUT2D eigenvalue weighted by Crippen LogP contribution is -1.84. The number of benzene rings is 1. The van der Waals surface area contributed by atoms with Crippen LogP contribution in [0.25, 0.3) is 10.8 Å². The van der Waals surface area contributed by atoms with E-state index in [4.69, 9.17) is 0 Å². The van der Waals surface area contributed by atoms with Gasteiger partial charge < -0.3 is 0 Å². The Morgan fingerprint density at radius 3 is 2.50 bits per heavy atom. The van der Waals surface area contributed by atoms with Crippen molar-refractivity contribution >= 4 is 26.7 Å². The second-order valence-electron chi connectivity index (χ2n) is 2.44. The summed E-state index contributed by atoms with van der Waals surface area (Å²) in [6.07, 6.45) is 1.47. The van der Waals surface area contributed by atoms with Crippen LogP contribution in [0, 0.1) is 5.95 Å². The van der Waals surface area contributed by atoms with E-state index in [1.807, 2.05) is 12.1 Å². The minimum Gasteiger partial charge on any atom is -0.227 e. The van der Waals surface area contributed by atoms with Crippen LogP contribution >= 0.6 is 15.9 Å². The molecule has 2 aromatic rings. The first kappa shape index (κ1) is 7.68. The molecule has 12 heavy (non-hydrogen) atoms. The molecule has 0 radical (unpaired) electrons. The van der Waals surface area contributed by atoms with Crippen molar-refractivity contribution in [3.05, 3.63) is 40.9 Å². The van der Waals surface area contributed by atoms with Crippen molar-refractivity contribution < 1.29 is 4.39 Å². The quantitative estimate of drug-likeness (QED) is 0.629. The van der Waals surface area contributed by atoms with Crippen LogP contribution in [0.2, 0.25) is 0 Å². The largest absolute Gasteiger partial charge is 0.227 e. The first-order valence-electron chi connectivity index (χ1n) is 3.48. The molecule has 0 aliphatic heterocycles. The fraction of sp³-hybridized carbons (Fsp3) is 0. The van der Waals surface area contributed by atoms with Crippen LogP contribution < -0.4 is 0 Å². The summed E-state index contributed by atoms with van der Waals surface area (Å²) in [6, 6.07) is 7.22. The average Bonchev–Trinajstić information content (AvgIpc) is 2.12. The fourth-order valence-electron chi connectivity index (χ4n) is 1.12. The smallest absolute Gasteiger partial charge is 0.220 e. The van der Waals surface area contributed by atoms with E-state index in [1.165, 1.54) is 6.20 Å². The van der Waals surface area contributed by atoms with Gasteiger partial charge >= 0.3 is 0 Å². The number of pyridine rings is 1. The van der Waals surface area contributed by atoms with Crippen LogP contribution in [0.3, 0.4) is 0 Å². The zero-order valence-corrected chi connectivity index (χ0v) is 7.68. The summed E-state index contributed by atoms with van der Waals surface area (Å²) in [4.78, 5) is 3.59. The first-order valence-corrected chi connectivity index (χ1v) is 4.27. The van der Waals surface area contributed by atoms with Crippen molar-refractivity contribution in [3.8, 4) is 0 Å². The number of hydrogen-bond acceptors (Lipinski definition) is 1. The molecule has 0 aliphatic rings. The van der Waals surface area contributed by atoms with Crippen LogP contribution in [0.15, 0.2) is 34.9 Å². The Bertz CT molecular complexity index is 387. The molecule has 0 spiro atoms. The fourth-order valence-corrected chi connectivity index (χ4v) is 1.57. The van der Waals surface area contributed by atoms with Crippen molar-refractivity contribution in [1.29, 1.82) is 0 Å². The van der Waals surface area contributed by atoms with Crippen molar-refractivity contribution in [3.63, 3.8) is 0 Å². The van der Waals surface area contributed by atoms with E-state index >= 15 is 0 Å². The summed E-state index contributed by atoms with van der Waals surface area (Å²) in [6.45, 7) is 0. The minimum absolute atomic E-state index is 0.422. The summed E-state index contributed by atoms with van der Waals surface area (Å²) in [5, 5.41) is 1.40. The molecule has 0 unspecified atom stereocenters. The number of rotatable bonds is 0. The number of fused-ring (bicyclic) bond motifs is 1. The maximum absolute atomic E-state index is 13.0. The third-order valence-electron chi connectivity index (χ3n) is 1.70. The minimum atomic E-state index is -0.422. The lowest BCUT2D eigenvalue weighted by atomic mass is 10.2. The van der Waals surface area contributed by atoms with Gasteiger partial charge in [-0.1, -0.05) is 18.2 Å². The second-order valence-corrected chi connectivity index (χ2v) is 3.30. The van der Waals surface area contributed by atoms with Gasteiger partial charge in [-0.3, -0.25) is 0 Å². The predicted molar refractivity (Wildman–Crippen MR) is 49.4 cm³/mol. The molecule has 3 heteroatoms. The third kappa shape index (κ3) is 1.10. The molecule has 0 N–H and O–H groups in total. The van der Waals surface area contributed by atoms with Crippen LogP contribution in [0.5, 0.6) is 0 Å². The van der Waals surface area contributed by atoms with Crippen LogP contribution in [-0.2, 0) is 0 Å². The van der Waals surface area contributed by atoms with Crippen molar-refractivity contribution in [2.24, 2.45) is 0 Å². The van der Waals surface area contributed by atoms with E-state index in [0.29, 0.717) is 5.39 Å². The molecule has 0 atom stereocenters. The van der Waals surface area contributed by atoms with Gasteiger partial charge in [0.1, 0.15) is 0 Å². The van der Waals surface area contributed by atoms with E-state index in [9.17, 15) is 4.39 Å². The van der Waals surface area contributed by atoms with E-state index in [1.54, 1.807) is 12.1 Å². The van der Waals surface area contributed by atoms with Crippen molar-refractivity contribution in [1.82, 2.24) is 4.98 Å². The first-order chi connectivity index (χ1) is 5.79. The number of aromatic nitrogens is 1. The second kappa shape index (κ2) is 2.83. The molecule has 1 heterocycles. The van der Waals surface area contributed by atoms with Gasteiger partial charge in [-0.2, -0.15) is 4.39 Å². The Morgan fingerprint density at radius 2 is 1.83 bits per heavy atom. The molecule has 2 rings (SSSR count). The zero-order valence-electron chi connectivity index (χ0n) is 6.09. The summed E-state index contributed by atoms with van der Waals surface area (Å²) in [5.74, 6) is -0.422. The highest BCUT2D eigenvalue weighted by Crippen LogP contribution is 2.23. The lowest BCUT2D eigenvalue weighted by molar-refractivity contribution is 0.596. The van der Waals surface area contributed by atoms with E-state index in [2.05, 4.69) is 20.9 Å². The van der Waals surface area contributed by atoms with Gasteiger partial charge in [0.2, 0.25) is 5.95 Å². The Morgan fingerprint density at radius 1 is 1.17 bits per heavy atom. The number of nitrogens with zero attached hydrogens (tertiary/aromatic N) is 1. The Hall–Kier alpha value is -0.960. The molecule has 0 amide bonds. The van der Waals surface area contributed by atoms with Gasteiger partial charge in [-0.25, -0.2) is 4.98 Å². The molecular formula is C9H5BrFN. The standard InChI is InChI=1S/C9H5BrFN/c10-8-5-12-9(11)7-4-2-1-3-6(7)8/h1-5H. The van der Waals surface area contributed by atoms with Gasteiger partial charge in [0, 0.05) is 21.4 Å². The van der Waals surface area contributed by atoms with Gasteiger partial charge in [0.25, 0.3) is 0 Å². The van der Waals surface area contributed by atoms with Gasteiger partial charge in [0.05, 0.1) is 0 Å². The van der Waals surface area contributed by atoms with Crippen molar-refractivity contribution in [2.75, 3.05) is 0 Å². The molecule has 0 aliphatic carbocycles. The molecule has 0 fully saturated rings. The summed E-state index contributed by atoms with van der Waals surface area (Å²) >= 11 is 3.30. The van der Waals surface area contributed by atoms with E-state index in [0.717, 1.165) is 9.86 Å². The van der Waals surface area contributed by atoms with E-state index < -0.39 is 5.95 Å². The average molecular weight is 226 g/mol. The molecule has 1 nitrogen and oxygen atoms in total. The maximum atomic E-state index is 13.0. The normalized spacial score (nSPS) is 10.5. The van der Waals surface area contributed by atoms with Crippen LogP contribution in [0.4, 0.5) is 4.39 Å². The topological polar surface area (TPSA) is 12.9 Å². The van der Waals surface area contributed by atoms with E-state index in [-0.39, 0.29) is 0 Å². The number of halogens is 2. The van der Waals surface area contributed by atoms with Gasteiger partial charge in [-0.05, 0) is 22.0 Å². The molecule has 0 saturated heterocycles. The molecular weight excluding hydrogens is 221 g/mol. The maximum Gasteiger partial charge on any atom is 0.220 e. The summed E-state index contributed by atoms with van der Waals surface area (Å²) in [5.41, 5.74) is 0. The van der Waals surface area contributed by atoms with Gasteiger partial charge in [-0.15, -0.1) is 0 Å². The van der Waals surface area contributed by atoms with Crippen molar-refractivity contribution in [2.45, 2.75) is 0 Å². The molecule has 0 saturated carbocycles. The SMILES string of the molecule is Fc1ncc(Br)c2ccccc12. The Kier molecular flexibility index (Phi) is 1.81. The molecule has 1 aromatic carbocycles. The highest BCUT2D eigenvalue weighted by Gasteiger charge is 2.02. The Labute approximate surface area is 77.4 Å². The lowest BCUT2D eigenvalue weighted by Gasteiger charge is -1.99. The molecule has 1 aromatic heterocycles. The highest BCUT2D eigenvalue weighted by molar-refractivity contribution is 9.10. The summed E-state index contributed by atoms with van der Waals surface area (Å²) in [7, 11) is 0. The predicted octanol–water partition coefficient (Wildman–Crippen LogP) is 3.14.